The summed E-state index contributed by atoms with van der Waals surface area (Å²) in [5, 5.41) is 0. The number of anilines is 1. The van der Waals surface area contributed by atoms with E-state index in [0.29, 0.717) is 21.9 Å². The third-order valence-corrected chi connectivity index (χ3v) is 5.77. The van der Waals surface area contributed by atoms with Crippen molar-refractivity contribution in [1.82, 2.24) is 0 Å². The van der Waals surface area contributed by atoms with Gasteiger partial charge in [-0.2, -0.15) is 0 Å². The molecule has 138 valence electrons. The van der Waals surface area contributed by atoms with Crippen molar-refractivity contribution in [2.24, 2.45) is 0 Å². The van der Waals surface area contributed by atoms with Crippen LogP contribution >= 0.6 is 11.8 Å². The largest absolute Gasteiger partial charge is 0.272 e. The highest BCUT2D eigenvalue weighted by atomic mass is 32.2. The van der Waals surface area contributed by atoms with Crippen LogP contribution in [0.25, 0.3) is 5.57 Å². The lowest BCUT2D eigenvalue weighted by Gasteiger charge is -2.15. The molecule has 4 heteroatoms. The molecule has 0 radical (unpaired) electrons. The van der Waals surface area contributed by atoms with Crippen molar-refractivity contribution in [2.75, 3.05) is 4.90 Å². The van der Waals surface area contributed by atoms with Crippen molar-refractivity contribution >= 4 is 34.8 Å². The van der Waals surface area contributed by atoms with Crippen molar-refractivity contribution in [2.45, 2.75) is 12.7 Å². The third-order valence-electron chi connectivity index (χ3n) is 4.62. The molecular weight excluding hydrogens is 366 g/mol. The molecule has 28 heavy (non-hydrogen) atoms. The number of carbonyl (C=O) groups excluding carboxylic acids is 2. The van der Waals surface area contributed by atoms with Gasteiger partial charge in [-0.15, -0.1) is 11.8 Å². The van der Waals surface area contributed by atoms with Gasteiger partial charge < -0.3 is 0 Å². The fraction of sp³-hybridized carbons (Fsp3) is 0.0833. The van der Waals surface area contributed by atoms with Crippen LogP contribution in [0, 0.1) is 6.92 Å². The Hall–Kier alpha value is -3.11. The summed E-state index contributed by atoms with van der Waals surface area (Å²) in [5.74, 6) is 0.108. The molecule has 3 aromatic rings. The van der Waals surface area contributed by atoms with Gasteiger partial charge in [-0.3, -0.25) is 9.59 Å². The molecule has 2 amide bonds. The lowest BCUT2D eigenvalue weighted by atomic mass is 10.1. The summed E-state index contributed by atoms with van der Waals surface area (Å²) in [7, 11) is 0. The molecule has 0 aliphatic carbocycles. The molecule has 0 atom stereocenters. The number of thioether (sulfide) groups is 1. The summed E-state index contributed by atoms with van der Waals surface area (Å²) in [6, 6.07) is 26.8. The molecular formula is C24H19NO2S. The lowest BCUT2D eigenvalue weighted by Crippen LogP contribution is -2.31. The first kappa shape index (κ1) is 18.3. The van der Waals surface area contributed by atoms with E-state index in [9.17, 15) is 9.59 Å². The third kappa shape index (κ3) is 3.51. The van der Waals surface area contributed by atoms with E-state index in [1.807, 2.05) is 91.9 Å². The Balaban J connectivity index is 1.73. The Labute approximate surface area is 168 Å². The smallest absolute Gasteiger partial charge is 0.268 e. The number of rotatable bonds is 5. The summed E-state index contributed by atoms with van der Waals surface area (Å²) in [6.07, 6.45) is 0. The second-order valence-electron chi connectivity index (χ2n) is 6.63. The predicted molar refractivity (Wildman–Crippen MR) is 115 cm³/mol. The molecule has 1 heterocycles. The standard InChI is InChI=1S/C24H19NO2S/c1-17-12-14-20(15-13-17)25-23(26)21(19-10-6-3-7-11-19)22(24(25)27)28-16-18-8-4-2-5-9-18/h2-15H,16H2,1H3. The van der Waals surface area contributed by atoms with Gasteiger partial charge in [-0.1, -0.05) is 78.4 Å². The number of imide groups is 1. The molecule has 0 unspecified atom stereocenters. The second kappa shape index (κ2) is 7.87. The van der Waals surface area contributed by atoms with Crippen LogP contribution in [0.5, 0.6) is 0 Å². The second-order valence-corrected chi connectivity index (χ2v) is 7.61. The quantitative estimate of drug-likeness (QED) is 0.566. The molecule has 3 aromatic carbocycles. The molecule has 0 fully saturated rings. The van der Waals surface area contributed by atoms with E-state index in [0.717, 1.165) is 16.7 Å². The van der Waals surface area contributed by atoms with Crippen molar-refractivity contribution in [3.63, 3.8) is 0 Å². The van der Waals surface area contributed by atoms with E-state index in [1.165, 1.54) is 16.7 Å². The number of benzene rings is 3. The van der Waals surface area contributed by atoms with Crippen LogP contribution < -0.4 is 4.90 Å². The Morgan fingerprint density at radius 3 is 2.00 bits per heavy atom. The number of aryl methyl sites for hydroxylation is 1. The molecule has 0 saturated carbocycles. The molecule has 3 nitrogen and oxygen atoms in total. The highest BCUT2D eigenvalue weighted by molar-refractivity contribution is 8.03. The summed E-state index contributed by atoms with van der Waals surface area (Å²) in [4.78, 5) is 28.3. The molecule has 0 bridgehead atoms. The predicted octanol–water partition coefficient (Wildman–Crippen LogP) is 5.21. The molecule has 0 aromatic heterocycles. The monoisotopic (exact) mass is 385 g/mol. The Morgan fingerprint density at radius 2 is 1.36 bits per heavy atom. The van der Waals surface area contributed by atoms with Crippen molar-refractivity contribution in [1.29, 1.82) is 0 Å². The van der Waals surface area contributed by atoms with Gasteiger partial charge in [0, 0.05) is 5.75 Å². The molecule has 0 spiro atoms. The highest BCUT2D eigenvalue weighted by Gasteiger charge is 2.40. The number of amides is 2. The van der Waals surface area contributed by atoms with E-state index in [-0.39, 0.29) is 11.8 Å². The van der Waals surface area contributed by atoms with Crippen LogP contribution in [0.15, 0.2) is 89.8 Å². The molecule has 0 saturated heterocycles. The van der Waals surface area contributed by atoms with Crippen LogP contribution in [-0.4, -0.2) is 11.8 Å². The van der Waals surface area contributed by atoms with Gasteiger partial charge in [-0.05, 0) is 30.2 Å². The van der Waals surface area contributed by atoms with Crippen molar-refractivity contribution in [3.8, 4) is 0 Å². The fourth-order valence-corrected chi connectivity index (χ4v) is 4.23. The highest BCUT2D eigenvalue weighted by Crippen LogP contribution is 2.39. The van der Waals surface area contributed by atoms with Crippen LogP contribution in [0.3, 0.4) is 0 Å². The maximum atomic E-state index is 13.3. The summed E-state index contributed by atoms with van der Waals surface area (Å²) >= 11 is 1.42. The zero-order chi connectivity index (χ0) is 19.5. The SMILES string of the molecule is Cc1ccc(N2C(=O)C(SCc3ccccc3)=C(c3ccccc3)C2=O)cc1. The minimum absolute atomic E-state index is 0.256. The first-order chi connectivity index (χ1) is 13.6. The van der Waals surface area contributed by atoms with E-state index in [2.05, 4.69) is 0 Å². The van der Waals surface area contributed by atoms with Gasteiger partial charge in [0.05, 0.1) is 16.2 Å². The van der Waals surface area contributed by atoms with E-state index in [1.54, 1.807) is 0 Å². The summed E-state index contributed by atoms with van der Waals surface area (Å²) in [5.41, 5.74) is 4.04. The van der Waals surface area contributed by atoms with Crippen molar-refractivity contribution < 1.29 is 9.59 Å². The normalized spacial score (nSPS) is 14.1. The van der Waals surface area contributed by atoms with Gasteiger partial charge in [0.1, 0.15) is 0 Å². The number of hydrogen-bond donors (Lipinski definition) is 0. The van der Waals surface area contributed by atoms with Gasteiger partial charge in [0.15, 0.2) is 0 Å². The van der Waals surface area contributed by atoms with Crippen LogP contribution in [-0.2, 0) is 15.3 Å². The molecule has 0 N–H and O–H groups in total. The maximum Gasteiger partial charge on any atom is 0.272 e. The van der Waals surface area contributed by atoms with E-state index >= 15 is 0 Å². The van der Waals surface area contributed by atoms with E-state index in [4.69, 9.17) is 0 Å². The number of carbonyl (C=O) groups is 2. The summed E-state index contributed by atoms with van der Waals surface area (Å²) < 4.78 is 0. The molecule has 1 aliphatic heterocycles. The minimum atomic E-state index is -0.268. The zero-order valence-electron chi connectivity index (χ0n) is 15.5. The first-order valence-electron chi connectivity index (χ1n) is 9.07. The van der Waals surface area contributed by atoms with Crippen LogP contribution in [0.1, 0.15) is 16.7 Å². The average Bonchev–Trinajstić information content (AvgIpc) is 2.98. The Kier molecular flexibility index (Phi) is 5.13. The van der Waals surface area contributed by atoms with Gasteiger partial charge >= 0.3 is 0 Å². The van der Waals surface area contributed by atoms with Crippen LogP contribution in [0.4, 0.5) is 5.69 Å². The lowest BCUT2D eigenvalue weighted by molar-refractivity contribution is -0.119. The Bertz CT molecular complexity index is 1040. The topological polar surface area (TPSA) is 37.4 Å². The average molecular weight is 385 g/mol. The van der Waals surface area contributed by atoms with Gasteiger partial charge in [0.25, 0.3) is 11.8 Å². The molecule has 1 aliphatic rings. The zero-order valence-corrected chi connectivity index (χ0v) is 16.3. The van der Waals surface area contributed by atoms with Crippen molar-refractivity contribution in [3.05, 3.63) is 107 Å². The Morgan fingerprint density at radius 1 is 0.750 bits per heavy atom. The first-order valence-corrected chi connectivity index (χ1v) is 10.1. The number of hydrogen-bond acceptors (Lipinski definition) is 3. The maximum absolute atomic E-state index is 13.3. The number of nitrogens with zero attached hydrogens (tertiary/aromatic N) is 1. The summed E-state index contributed by atoms with van der Waals surface area (Å²) in [6.45, 7) is 1.98. The van der Waals surface area contributed by atoms with Gasteiger partial charge in [-0.25, -0.2) is 4.90 Å². The van der Waals surface area contributed by atoms with Crippen LogP contribution in [0.2, 0.25) is 0 Å². The fourth-order valence-electron chi connectivity index (χ4n) is 3.16. The van der Waals surface area contributed by atoms with Gasteiger partial charge in [0.2, 0.25) is 0 Å². The molecule has 4 rings (SSSR count). The minimum Gasteiger partial charge on any atom is -0.268 e. The van der Waals surface area contributed by atoms with E-state index < -0.39 is 0 Å².